The maximum atomic E-state index is 11.7. The van der Waals surface area contributed by atoms with Gasteiger partial charge in [0.2, 0.25) is 0 Å². The SMILES string of the molecule is CN1C(=O)c2ccccc2C2=C[C@@H]21. The second-order valence-electron chi connectivity index (χ2n) is 3.53. The molecule has 0 bridgehead atoms. The molecule has 1 aliphatic carbocycles. The van der Waals surface area contributed by atoms with Gasteiger partial charge in [-0.2, -0.15) is 0 Å². The van der Waals surface area contributed by atoms with Gasteiger partial charge in [0.1, 0.15) is 0 Å². The van der Waals surface area contributed by atoms with Gasteiger partial charge in [-0.3, -0.25) is 4.79 Å². The van der Waals surface area contributed by atoms with Crippen LogP contribution in [0.1, 0.15) is 15.9 Å². The summed E-state index contributed by atoms with van der Waals surface area (Å²) in [7, 11) is 1.85. The number of nitrogens with zero attached hydrogens (tertiary/aromatic N) is 1. The molecular formula is C11H9NO. The molecule has 64 valence electrons. The number of fused-ring (bicyclic) bond motifs is 3. The summed E-state index contributed by atoms with van der Waals surface area (Å²) >= 11 is 0. The second kappa shape index (κ2) is 2.02. The van der Waals surface area contributed by atoms with Gasteiger partial charge in [0.15, 0.2) is 0 Å². The fourth-order valence-electron chi connectivity index (χ4n) is 1.93. The smallest absolute Gasteiger partial charge is 0.254 e. The molecule has 13 heavy (non-hydrogen) atoms. The Morgan fingerprint density at radius 2 is 1.92 bits per heavy atom. The molecule has 3 rings (SSSR count). The molecule has 0 saturated carbocycles. The van der Waals surface area contributed by atoms with E-state index in [-0.39, 0.29) is 11.9 Å². The van der Waals surface area contributed by atoms with Crippen LogP contribution in [0.5, 0.6) is 0 Å². The monoisotopic (exact) mass is 171 g/mol. The Morgan fingerprint density at radius 3 is 2.69 bits per heavy atom. The standard InChI is InChI=1S/C11H9NO/c1-12-10-6-9(10)7-4-2-3-5-8(7)11(12)13/h2-6,10H,1H3/t10-/m0/s1. The third-order valence-electron chi connectivity index (χ3n) is 2.75. The number of likely N-dealkylation sites (N-methyl/N-ethyl adjacent to an activating group) is 1. The van der Waals surface area contributed by atoms with E-state index in [1.54, 1.807) is 4.90 Å². The first-order chi connectivity index (χ1) is 6.29. The van der Waals surface area contributed by atoms with Crippen molar-refractivity contribution >= 4 is 11.5 Å². The van der Waals surface area contributed by atoms with Crippen LogP contribution < -0.4 is 0 Å². The van der Waals surface area contributed by atoms with Crippen molar-refractivity contribution in [2.75, 3.05) is 7.05 Å². The van der Waals surface area contributed by atoms with Crippen molar-refractivity contribution in [2.45, 2.75) is 6.04 Å². The molecule has 1 amide bonds. The molecule has 0 N–H and O–H groups in total. The molecule has 2 nitrogen and oxygen atoms in total. The molecule has 1 aliphatic heterocycles. The summed E-state index contributed by atoms with van der Waals surface area (Å²) in [6, 6.07) is 8.08. The van der Waals surface area contributed by atoms with Crippen molar-refractivity contribution in [3.8, 4) is 0 Å². The van der Waals surface area contributed by atoms with E-state index in [1.807, 2.05) is 31.3 Å². The van der Waals surface area contributed by atoms with Crippen molar-refractivity contribution in [1.29, 1.82) is 0 Å². The van der Waals surface area contributed by atoms with E-state index in [9.17, 15) is 4.79 Å². The first-order valence-electron chi connectivity index (χ1n) is 4.37. The van der Waals surface area contributed by atoms with Gasteiger partial charge in [0.05, 0.1) is 6.04 Å². The second-order valence-corrected chi connectivity index (χ2v) is 3.53. The van der Waals surface area contributed by atoms with E-state index in [4.69, 9.17) is 0 Å². The Bertz CT molecular complexity index is 433. The van der Waals surface area contributed by atoms with Crippen molar-refractivity contribution in [2.24, 2.45) is 0 Å². The minimum atomic E-state index is 0.137. The first-order valence-corrected chi connectivity index (χ1v) is 4.37. The highest BCUT2D eigenvalue weighted by atomic mass is 16.2. The number of hydrogen-bond donors (Lipinski definition) is 0. The minimum Gasteiger partial charge on any atom is -0.331 e. The summed E-state index contributed by atoms with van der Waals surface area (Å²) in [6.45, 7) is 0. The molecule has 1 heterocycles. The van der Waals surface area contributed by atoms with Crippen molar-refractivity contribution in [3.05, 3.63) is 41.5 Å². The lowest BCUT2D eigenvalue weighted by molar-refractivity contribution is 0.0790. The van der Waals surface area contributed by atoms with Crippen LogP contribution >= 0.6 is 0 Å². The number of amides is 1. The van der Waals surface area contributed by atoms with Gasteiger partial charge in [-0.25, -0.2) is 0 Å². The highest BCUT2D eigenvalue weighted by Gasteiger charge is 2.39. The number of rotatable bonds is 0. The van der Waals surface area contributed by atoms with Gasteiger partial charge in [-0.15, -0.1) is 0 Å². The lowest BCUT2D eigenvalue weighted by atomic mass is 10.00. The van der Waals surface area contributed by atoms with E-state index in [1.165, 1.54) is 5.57 Å². The van der Waals surface area contributed by atoms with Crippen LogP contribution in [0, 0.1) is 0 Å². The predicted octanol–water partition coefficient (Wildman–Crippen LogP) is 1.54. The molecule has 1 aromatic carbocycles. The molecule has 0 saturated heterocycles. The Hall–Kier alpha value is -1.57. The van der Waals surface area contributed by atoms with Crippen LogP contribution in [-0.4, -0.2) is 23.9 Å². The first kappa shape index (κ1) is 6.89. The predicted molar refractivity (Wildman–Crippen MR) is 50.3 cm³/mol. The normalized spacial score (nSPS) is 23.5. The molecule has 1 aromatic rings. The fourth-order valence-corrected chi connectivity index (χ4v) is 1.93. The quantitative estimate of drug-likeness (QED) is 0.579. The van der Waals surface area contributed by atoms with Crippen molar-refractivity contribution in [3.63, 3.8) is 0 Å². The Kier molecular flexibility index (Phi) is 1.07. The zero-order chi connectivity index (χ0) is 9.00. The highest BCUT2D eigenvalue weighted by molar-refractivity contribution is 6.08. The Labute approximate surface area is 76.5 Å². The average molecular weight is 171 g/mol. The van der Waals surface area contributed by atoms with E-state index in [2.05, 4.69) is 6.08 Å². The summed E-state index contributed by atoms with van der Waals surface area (Å²) < 4.78 is 0. The molecule has 0 unspecified atom stereocenters. The van der Waals surface area contributed by atoms with Crippen molar-refractivity contribution < 1.29 is 4.79 Å². The maximum absolute atomic E-state index is 11.7. The molecule has 1 atom stereocenters. The summed E-state index contributed by atoms with van der Waals surface area (Å²) in [5.74, 6) is 0.137. The van der Waals surface area contributed by atoms with Gasteiger partial charge in [-0.05, 0) is 17.2 Å². The van der Waals surface area contributed by atoms with Crippen LogP contribution in [0.2, 0.25) is 0 Å². The lowest BCUT2D eigenvalue weighted by Crippen LogP contribution is -2.34. The minimum absolute atomic E-state index is 0.137. The van der Waals surface area contributed by atoms with Crippen LogP contribution in [0.25, 0.3) is 5.57 Å². The largest absolute Gasteiger partial charge is 0.331 e. The molecule has 0 spiro atoms. The lowest BCUT2D eigenvalue weighted by Gasteiger charge is -2.24. The van der Waals surface area contributed by atoms with E-state index >= 15 is 0 Å². The molecule has 2 aliphatic rings. The summed E-state index contributed by atoms with van der Waals surface area (Å²) in [4.78, 5) is 13.5. The molecule has 0 aromatic heterocycles. The van der Waals surface area contributed by atoms with Crippen LogP contribution in [0.3, 0.4) is 0 Å². The Balaban J connectivity index is 2.24. The summed E-state index contributed by atoms with van der Waals surface area (Å²) in [6.07, 6.45) is 2.13. The van der Waals surface area contributed by atoms with E-state index in [0.717, 1.165) is 11.1 Å². The zero-order valence-corrected chi connectivity index (χ0v) is 7.32. The molecule has 0 radical (unpaired) electrons. The van der Waals surface area contributed by atoms with Gasteiger partial charge >= 0.3 is 0 Å². The van der Waals surface area contributed by atoms with Gasteiger partial charge < -0.3 is 4.90 Å². The van der Waals surface area contributed by atoms with Crippen LogP contribution in [-0.2, 0) is 0 Å². The fraction of sp³-hybridized carbons (Fsp3) is 0.182. The van der Waals surface area contributed by atoms with Gasteiger partial charge in [0.25, 0.3) is 5.91 Å². The molecule has 2 heteroatoms. The highest BCUT2D eigenvalue weighted by Crippen LogP contribution is 2.41. The Morgan fingerprint density at radius 1 is 1.23 bits per heavy atom. The summed E-state index contributed by atoms with van der Waals surface area (Å²) in [5, 5.41) is 0. The van der Waals surface area contributed by atoms with Gasteiger partial charge in [-0.1, -0.05) is 24.3 Å². The van der Waals surface area contributed by atoms with Crippen molar-refractivity contribution in [1.82, 2.24) is 4.90 Å². The maximum Gasteiger partial charge on any atom is 0.254 e. The van der Waals surface area contributed by atoms with E-state index < -0.39 is 0 Å². The molecule has 0 fully saturated rings. The van der Waals surface area contributed by atoms with Crippen LogP contribution in [0.15, 0.2) is 30.3 Å². The number of carbonyl (C=O) groups is 1. The van der Waals surface area contributed by atoms with E-state index in [0.29, 0.717) is 0 Å². The zero-order valence-electron chi connectivity index (χ0n) is 7.32. The number of benzene rings is 1. The third-order valence-corrected chi connectivity index (χ3v) is 2.75. The summed E-state index contributed by atoms with van der Waals surface area (Å²) in [5.41, 5.74) is 3.26. The van der Waals surface area contributed by atoms with Gasteiger partial charge in [0, 0.05) is 12.6 Å². The topological polar surface area (TPSA) is 20.3 Å². The number of hydrogen-bond acceptors (Lipinski definition) is 1. The average Bonchev–Trinajstić information content (AvgIpc) is 2.94. The third kappa shape index (κ3) is 0.750. The molecular weight excluding hydrogens is 162 g/mol. The van der Waals surface area contributed by atoms with Crippen LogP contribution in [0.4, 0.5) is 0 Å². The number of carbonyl (C=O) groups excluding carboxylic acids is 1.